The number of thiazole rings is 1. The number of aryl methyl sites for hydroxylation is 2. The quantitative estimate of drug-likeness (QED) is 0.889. The second kappa shape index (κ2) is 6.52. The van der Waals surface area contributed by atoms with E-state index in [1.54, 1.807) is 11.3 Å². The van der Waals surface area contributed by atoms with Crippen LogP contribution in [0.3, 0.4) is 0 Å². The summed E-state index contributed by atoms with van der Waals surface area (Å²) in [6.07, 6.45) is 1.89. The van der Waals surface area contributed by atoms with Gasteiger partial charge in [-0.05, 0) is 44.5 Å². The van der Waals surface area contributed by atoms with Gasteiger partial charge in [0.2, 0.25) is 0 Å². The number of nitrogens with zero attached hydrogens (tertiary/aromatic N) is 1. The molecular formula is C15H19N3OS. The van der Waals surface area contributed by atoms with Crippen LogP contribution in [0.2, 0.25) is 0 Å². The van der Waals surface area contributed by atoms with Gasteiger partial charge in [-0.3, -0.25) is 4.79 Å². The van der Waals surface area contributed by atoms with Crippen molar-refractivity contribution in [2.45, 2.75) is 27.3 Å². The molecule has 4 nitrogen and oxygen atoms in total. The summed E-state index contributed by atoms with van der Waals surface area (Å²) in [5.41, 5.74) is 2.81. The van der Waals surface area contributed by atoms with Crippen LogP contribution in [0.1, 0.15) is 32.7 Å². The predicted molar refractivity (Wildman–Crippen MR) is 83.4 cm³/mol. The molecule has 0 aliphatic heterocycles. The van der Waals surface area contributed by atoms with E-state index >= 15 is 0 Å². The Morgan fingerprint density at radius 1 is 1.35 bits per heavy atom. The minimum absolute atomic E-state index is 0.0276. The SMILES string of the molecule is CCNC(=O)c1ccc(NCc2cnc(C)s2)c(C)c1. The number of hydrogen-bond acceptors (Lipinski definition) is 4. The standard InChI is InChI=1S/C15H19N3OS/c1-4-16-15(19)12-5-6-14(10(2)7-12)18-9-13-8-17-11(3)20-13/h5-8,18H,4,9H2,1-3H3,(H,16,19). The van der Waals surface area contributed by atoms with Crippen molar-refractivity contribution in [3.63, 3.8) is 0 Å². The third-order valence-electron chi connectivity index (χ3n) is 2.95. The molecule has 0 unspecified atom stereocenters. The van der Waals surface area contributed by atoms with Gasteiger partial charge in [-0.25, -0.2) is 4.98 Å². The number of nitrogens with one attached hydrogen (secondary N) is 2. The van der Waals surface area contributed by atoms with E-state index in [1.165, 1.54) is 4.88 Å². The molecule has 2 rings (SSSR count). The van der Waals surface area contributed by atoms with Crippen LogP contribution in [0, 0.1) is 13.8 Å². The van der Waals surface area contributed by atoms with Crippen LogP contribution in [0.5, 0.6) is 0 Å². The molecular weight excluding hydrogens is 270 g/mol. The molecule has 0 atom stereocenters. The van der Waals surface area contributed by atoms with E-state index in [0.717, 1.165) is 22.8 Å². The van der Waals surface area contributed by atoms with Gasteiger partial charge in [0.25, 0.3) is 5.91 Å². The van der Waals surface area contributed by atoms with Gasteiger partial charge in [0.15, 0.2) is 0 Å². The lowest BCUT2D eigenvalue weighted by atomic mass is 10.1. The fourth-order valence-corrected chi connectivity index (χ4v) is 2.67. The summed E-state index contributed by atoms with van der Waals surface area (Å²) >= 11 is 1.69. The average molecular weight is 289 g/mol. The molecule has 0 fully saturated rings. The molecule has 5 heteroatoms. The lowest BCUT2D eigenvalue weighted by molar-refractivity contribution is 0.0956. The first-order chi connectivity index (χ1) is 9.60. The average Bonchev–Trinajstić information content (AvgIpc) is 2.83. The van der Waals surface area contributed by atoms with Crippen molar-refractivity contribution in [3.8, 4) is 0 Å². The monoisotopic (exact) mass is 289 g/mol. The Morgan fingerprint density at radius 2 is 2.15 bits per heavy atom. The first kappa shape index (κ1) is 14.5. The third-order valence-corrected chi connectivity index (χ3v) is 3.86. The topological polar surface area (TPSA) is 54.0 Å². The van der Waals surface area contributed by atoms with E-state index in [1.807, 2.05) is 45.2 Å². The lowest BCUT2D eigenvalue weighted by Crippen LogP contribution is -2.22. The molecule has 0 radical (unpaired) electrons. The molecule has 0 bridgehead atoms. The highest BCUT2D eigenvalue weighted by Gasteiger charge is 2.07. The van der Waals surface area contributed by atoms with Crippen LogP contribution in [0.15, 0.2) is 24.4 Å². The van der Waals surface area contributed by atoms with E-state index in [0.29, 0.717) is 12.1 Å². The Labute approximate surface area is 123 Å². The highest BCUT2D eigenvalue weighted by molar-refractivity contribution is 7.11. The van der Waals surface area contributed by atoms with Crippen molar-refractivity contribution >= 4 is 22.9 Å². The summed E-state index contributed by atoms with van der Waals surface area (Å²) in [5.74, 6) is -0.0276. The van der Waals surface area contributed by atoms with Gasteiger partial charge in [-0.1, -0.05) is 0 Å². The minimum atomic E-state index is -0.0276. The van der Waals surface area contributed by atoms with Crippen LogP contribution in [0.25, 0.3) is 0 Å². The number of anilines is 1. The normalized spacial score (nSPS) is 10.3. The van der Waals surface area contributed by atoms with Crippen LogP contribution < -0.4 is 10.6 Å². The van der Waals surface area contributed by atoms with Gasteiger partial charge in [0, 0.05) is 28.9 Å². The van der Waals surface area contributed by atoms with Gasteiger partial charge >= 0.3 is 0 Å². The number of benzene rings is 1. The van der Waals surface area contributed by atoms with Gasteiger partial charge in [-0.15, -0.1) is 11.3 Å². The molecule has 1 aromatic carbocycles. The molecule has 0 spiro atoms. The Bertz CT molecular complexity index is 607. The molecule has 0 aliphatic carbocycles. The number of rotatable bonds is 5. The number of amides is 1. The van der Waals surface area contributed by atoms with E-state index in [-0.39, 0.29) is 5.91 Å². The van der Waals surface area contributed by atoms with Crippen LogP contribution >= 0.6 is 11.3 Å². The Morgan fingerprint density at radius 3 is 2.75 bits per heavy atom. The predicted octanol–water partition coefficient (Wildman–Crippen LogP) is 3.12. The fourth-order valence-electron chi connectivity index (χ4n) is 1.94. The zero-order valence-electron chi connectivity index (χ0n) is 12.0. The Balaban J connectivity index is 2.04. The van der Waals surface area contributed by atoms with Gasteiger partial charge < -0.3 is 10.6 Å². The highest BCUT2D eigenvalue weighted by atomic mass is 32.1. The van der Waals surface area contributed by atoms with Crippen molar-refractivity contribution in [1.29, 1.82) is 0 Å². The summed E-state index contributed by atoms with van der Waals surface area (Å²) in [5, 5.41) is 7.26. The van der Waals surface area contributed by atoms with Gasteiger partial charge in [0.05, 0.1) is 11.6 Å². The Kier molecular flexibility index (Phi) is 4.74. The number of carbonyl (C=O) groups excluding carboxylic acids is 1. The zero-order valence-corrected chi connectivity index (χ0v) is 12.8. The lowest BCUT2D eigenvalue weighted by Gasteiger charge is -2.10. The molecule has 1 aromatic heterocycles. The second-order valence-corrected chi connectivity index (χ2v) is 5.91. The first-order valence-corrected chi connectivity index (χ1v) is 7.46. The molecule has 2 N–H and O–H groups in total. The highest BCUT2D eigenvalue weighted by Crippen LogP contribution is 2.19. The van der Waals surface area contributed by atoms with Crippen molar-refractivity contribution in [2.24, 2.45) is 0 Å². The van der Waals surface area contributed by atoms with Crippen molar-refractivity contribution in [1.82, 2.24) is 10.3 Å². The number of hydrogen-bond donors (Lipinski definition) is 2. The molecule has 0 aliphatic rings. The van der Waals surface area contributed by atoms with Gasteiger partial charge in [-0.2, -0.15) is 0 Å². The summed E-state index contributed by atoms with van der Waals surface area (Å²) in [6.45, 7) is 7.32. The van der Waals surface area contributed by atoms with E-state index in [4.69, 9.17) is 0 Å². The van der Waals surface area contributed by atoms with E-state index in [2.05, 4.69) is 15.6 Å². The smallest absolute Gasteiger partial charge is 0.251 e. The summed E-state index contributed by atoms with van der Waals surface area (Å²) in [6, 6.07) is 5.71. The number of aromatic nitrogens is 1. The molecule has 20 heavy (non-hydrogen) atoms. The minimum Gasteiger partial charge on any atom is -0.380 e. The van der Waals surface area contributed by atoms with Crippen molar-refractivity contribution < 1.29 is 4.79 Å². The Hall–Kier alpha value is -1.88. The van der Waals surface area contributed by atoms with Crippen molar-refractivity contribution in [3.05, 3.63) is 45.4 Å². The summed E-state index contributed by atoms with van der Waals surface area (Å²) < 4.78 is 0. The largest absolute Gasteiger partial charge is 0.380 e. The van der Waals surface area contributed by atoms with Gasteiger partial charge in [0.1, 0.15) is 0 Å². The number of carbonyl (C=O) groups is 1. The first-order valence-electron chi connectivity index (χ1n) is 6.64. The third kappa shape index (κ3) is 3.57. The molecule has 1 amide bonds. The maximum absolute atomic E-state index is 11.8. The molecule has 1 heterocycles. The fraction of sp³-hybridized carbons (Fsp3) is 0.333. The molecule has 2 aromatic rings. The van der Waals surface area contributed by atoms with E-state index in [9.17, 15) is 4.79 Å². The zero-order chi connectivity index (χ0) is 14.5. The second-order valence-electron chi connectivity index (χ2n) is 4.59. The molecule has 0 saturated carbocycles. The maximum atomic E-state index is 11.8. The van der Waals surface area contributed by atoms with E-state index < -0.39 is 0 Å². The summed E-state index contributed by atoms with van der Waals surface area (Å²) in [4.78, 5) is 17.2. The van der Waals surface area contributed by atoms with Crippen LogP contribution in [-0.2, 0) is 6.54 Å². The van der Waals surface area contributed by atoms with Crippen LogP contribution in [-0.4, -0.2) is 17.4 Å². The van der Waals surface area contributed by atoms with Crippen LogP contribution in [0.4, 0.5) is 5.69 Å². The maximum Gasteiger partial charge on any atom is 0.251 e. The molecule has 106 valence electrons. The molecule has 0 saturated heterocycles. The summed E-state index contributed by atoms with van der Waals surface area (Å²) in [7, 11) is 0. The van der Waals surface area contributed by atoms with Crippen molar-refractivity contribution in [2.75, 3.05) is 11.9 Å².